The highest BCUT2D eigenvalue weighted by atomic mass is 32.1. The van der Waals surface area contributed by atoms with Crippen LogP contribution in [-0.4, -0.2) is 48.1 Å². The first kappa shape index (κ1) is 24.2. The van der Waals surface area contributed by atoms with Crippen LogP contribution in [0.25, 0.3) is 6.08 Å². The number of ether oxygens (including phenoxy) is 1. The summed E-state index contributed by atoms with van der Waals surface area (Å²) in [5.41, 5.74) is 1.74. The van der Waals surface area contributed by atoms with Gasteiger partial charge >= 0.3 is 5.97 Å². The molecule has 2 aromatic rings. The minimum atomic E-state index is -0.421. The minimum absolute atomic E-state index is 0.114. The fraction of sp³-hybridized carbons (Fsp3) is 0.261. The molecular formula is C23H26FN3O3S. The Morgan fingerprint density at radius 2 is 1.71 bits per heavy atom. The molecule has 0 saturated carbocycles. The fourth-order valence-corrected chi connectivity index (χ4v) is 2.86. The van der Waals surface area contributed by atoms with E-state index in [1.165, 1.54) is 18.2 Å². The van der Waals surface area contributed by atoms with Crippen LogP contribution in [0.1, 0.15) is 29.8 Å². The lowest BCUT2D eigenvalue weighted by Gasteiger charge is -2.17. The lowest BCUT2D eigenvalue weighted by molar-refractivity contribution is -0.115. The van der Waals surface area contributed by atoms with Crippen molar-refractivity contribution >= 4 is 41.0 Å². The Morgan fingerprint density at radius 3 is 2.32 bits per heavy atom. The molecule has 2 N–H and O–H groups in total. The summed E-state index contributed by atoms with van der Waals surface area (Å²) in [6.45, 7) is 6.97. The number of amides is 1. The second kappa shape index (κ2) is 12.6. The Bertz CT molecular complexity index is 911. The molecule has 164 valence electrons. The second-order valence-corrected chi connectivity index (χ2v) is 6.98. The average Bonchev–Trinajstić information content (AvgIpc) is 2.76. The van der Waals surface area contributed by atoms with E-state index in [2.05, 4.69) is 29.4 Å². The SMILES string of the molecule is CCN(CC)CCOC(=O)c1ccc(NC(=S)NC(=O)/C=C/c2ccc(F)cc2)cc1. The summed E-state index contributed by atoms with van der Waals surface area (Å²) in [6.07, 6.45) is 2.86. The molecule has 1 amide bonds. The van der Waals surface area contributed by atoms with Gasteiger partial charge in [0.05, 0.1) is 5.56 Å². The molecule has 0 aliphatic rings. The van der Waals surface area contributed by atoms with Gasteiger partial charge in [0, 0.05) is 18.3 Å². The largest absolute Gasteiger partial charge is 0.461 e. The topological polar surface area (TPSA) is 70.7 Å². The normalized spacial score (nSPS) is 10.8. The number of anilines is 1. The molecule has 0 aliphatic heterocycles. The van der Waals surface area contributed by atoms with Gasteiger partial charge in [0.15, 0.2) is 5.11 Å². The van der Waals surface area contributed by atoms with Gasteiger partial charge in [0.1, 0.15) is 12.4 Å². The van der Waals surface area contributed by atoms with E-state index in [0.717, 1.165) is 13.1 Å². The molecule has 31 heavy (non-hydrogen) atoms. The Balaban J connectivity index is 1.79. The van der Waals surface area contributed by atoms with Crippen LogP contribution in [0.2, 0.25) is 0 Å². The monoisotopic (exact) mass is 443 g/mol. The quantitative estimate of drug-likeness (QED) is 0.349. The Labute approximate surface area is 187 Å². The van der Waals surface area contributed by atoms with Gasteiger partial charge in [-0.25, -0.2) is 9.18 Å². The number of esters is 1. The standard InChI is InChI=1S/C23H26FN3O3S/c1-3-27(4-2)15-16-30-22(29)18-8-12-20(13-9-18)25-23(31)26-21(28)14-7-17-5-10-19(24)11-6-17/h5-14H,3-4,15-16H2,1-2H3,(H2,25,26,28,31)/b14-7+. The zero-order valence-electron chi connectivity index (χ0n) is 17.6. The molecule has 8 heteroatoms. The van der Waals surface area contributed by atoms with Crippen LogP contribution in [0.4, 0.5) is 10.1 Å². The molecule has 0 aliphatic carbocycles. The van der Waals surface area contributed by atoms with Crippen molar-refractivity contribution in [2.24, 2.45) is 0 Å². The van der Waals surface area contributed by atoms with Crippen molar-refractivity contribution < 1.29 is 18.7 Å². The molecule has 0 atom stereocenters. The van der Waals surface area contributed by atoms with E-state index in [1.54, 1.807) is 42.5 Å². The first-order valence-electron chi connectivity index (χ1n) is 9.96. The van der Waals surface area contributed by atoms with E-state index in [1.807, 2.05) is 0 Å². The molecule has 0 spiro atoms. The van der Waals surface area contributed by atoms with Crippen molar-refractivity contribution in [3.63, 3.8) is 0 Å². The summed E-state index contributed by atoms with van der Waals surface area (Å²) in [6, 6.07) is 12.4. The van der Waals surface area contributed by atoms with Crippen LogP contribution in [0, 0.1) is 5.82 Å². The molecule has 0 heterocycles. The number of thiocarbonyl (C=S) groups is 1. The van der Waals surface area contributed by atoms with Crippen molar-refractivity contribution in [1.82, 2.24) is 10.2 Å². The van der Waals surface area contributed by atoms with E-state index < -0.39 is 5.91 Å². The Hall–Kier alpha value is -3.10. The van der Waals surface area contributed by atoms with Crippen molar-refractivity contribution in [2.45, 2.75) is 13.8 Å². The molecule has 0 unspecified atom stereocenters. The second-order valence-electron chi connectivity index (χ2n) is 6.57. The van der Waals surface area contributed by atoms with Gasteiger partial charge in [-0.05, 0) is 73.3 Å². The van der Waals surface area contributed by atoms with Crippen LogP contribution < -0.4 is 10.6 Å². The minimum Gasteiger partial charge on any atom is -0.461 e. The van der Waals surface area contributed by atoms with E-state index in [0.29, 0.717) is 30.0 Å². The van der Waals surface area contributed by atoms with Gasteiger partial charge < -0.3 is 15.0 Å². The number of likely N-dealkylation sites (N-methyl/N-ethyl adjacent to an activating group) is 1. The average molecular weight is 444 g/mol. The summed E-state index contributed by atoms with van der Waals surface area (Å²) in [4.78, 5) is 26.2. The molecule has 0 aromatic heterocycles. The van der Waals surface area contributed by atoms with Gasteiger partial charge in [0.25, 0.3) is 0 Å². The maximum atomic E-state index is 12.9. The predicted octanol–water partition coefficient (Wildman–Crippen LogP) is 3.85. The van der Waals surface area contributed by atoms with Gasteiger partial charge in [-0.15, -0.1) is 0 Å². The number of benzene rings is 2. The number of carbonyl (C=O) groups is 2. The summed E-state index contributed by atoms with van der Waals surface area (Å²) in [5, 5.41) is 5.51. The zero-order valence-corrected chi connectivity index (χ0v) is 18.4. The number of nitrogens with one attached hydrogen (secondary N) is 2. The highest BCUT2D eigenvalue weighted by Crippen LogP contribution is 2.11. The molecule has 0 fully saturated rings. The number of hydrogen-bond acceptors (Lipinski definition) is 5. The van der Waals surface area contributed by atoms with E-state index in [9.17, 15) is 14.0 Å². The molecule has 6 nitrogen and oxygen atoms in total. The van der Waals surface area contributed by atoms with Gasteiger partial charge in [-0.2, -0.15) is 0 Å². The van der Waals surface area contributed by atoms with Crippen LogP contribution in [0.3, 0.4) is 0 Å². The van der Waals surface area contributed by atoms with Crippen molar-refractivity contribution in [3.8, 4) is 0 Å². The molecule has 2 aromatic carbocycles. The van der Waals surface area contributed by atoms with E-state index >= 15 is 0 Å². The third kappa shape index (κ3) is 8.65. The predicted molar refractivity (Wildman–Crippen MR) is 124 cm³/mol. The van der Waals surface area contributed by atoms with Gasteiger partial charge in [0.2, 0.25) is 5.91 Å². The molecular weight excluding hydrogens is 417 g/mol. The maximum Gasteiger partial charge on any atom is 0.338 e. The first-order valence-corrected chi connectivity index (χ1v) is 10.4. The molecule has 0 bridgehead atoms. The number of nitrogens with zero attached hydrogens (tertiary/aromatic N) is 1. The number of carbonyl (C=O) groups excluding carboxylic acids is 2. The Kier molecular flexibility index (Phi) is 9.80. The molecule has 0 radical (unpaired) electrons. The van der Waals surface area contributed by atoms with Crippen LogP contribution in [0.5, 0.6) is 0 Å². The zero-order chi connectivity index (χ0) is 22.6. The number of halogens is 1. The number of hydrogen-bond donors (Lipinski definition) is 2. The van der Waals surface area contributed by atoms with Crippen molar-refractivity contribution in [2.75, 3.05) is 31.6 Å². The Morgan fingerprint density at radius 1 is 1.06 bits per heavy atom. The van der Waals surface area contributed by atoms with E-state index in [-0.39, 0.29) is 16.9 Å². The van der Waals surface area contributed by atoms with Gasteiger partial charge in [-0.1, -0.05) is 26.0 Å². The summed E-state index contributed by atoms with van der Waals surface area (Å²) >= 11 is 5.13. The lowest BCUT2D eigenvalue weighted by atomic mass is 10.2. The third-order valence-electron chi connectivity index (χ3n) is 4.45. The third-order valence-corrected chi connectivity index (χ3v) is 4.65. The highest BCUT2D eigenvalue weighted by molar-refractivity contribution is 7.80. The molecule has 2 rings (SSSR count). The van der Waals surface area contributed by atoms with Crippen LogP contribution in [0.15, 0.2) is 54.6 Å². The summed E-state index contributed by atoms with van der Waals surface area (Å²) in [7, 11) is 0. The van der Waals surface area contributed by atoms with Gasteiger partial charge in [-0.3, -0.25) is 10.1 Å². The van der Waals surface area contributed by atoms with Crippen molar-refractivity contribution in [3.05, 3.63) is 71.6 Å². The fourth-order valence-electron chi connectivity index (χ4n) is 2.64. The van der Waals surface area contributed by atoms with E-state index in [4.69, 9.17) is 17.0 Å². The highest BCUT2D eigenvalue weighted by Gasteiger charge is 2.09. The first-order chi connectivity index (χ1) is 14.9. The number of rotatable bonds is 9. The lowest BCUT2D eigenvalue weighted by Crippen LogP contribution is -2.32. The summed E-state index contributed by atoms with van der Waals surface area (Å²) < 4.78 is 18.2. The van der Waals surface area contributed by atoms with Crippen molar-refractivity contribution in [1.29, 1.82) is 0 Å². The van der Waals surface area contributed by atoms with Crippen LogP contribution >= 0.6 is 12.2 Å². The smallest absolute Gasteiger partial charge is 0.338 e. The summed E-state index contributed by atoms with van der Waals surface area (Å²) in [5.74, 6) is -1.15. The van der Waals surface area contributed by atoms with Crippen LogP contribution in [-0.2, 0) is 9.53 Å². The molecule has 0 saturated heterocycles. The maximum absolute atomic E-state index is 12.9.